The number of carbonyl (C=O) groups is 16. The Morgan fingerprint density at radius 3 is 0.985 bits per heavy atom. The van der Waals surface area contributed by atoms with Crippen molar-refractivity contribution < 1.29 is 115 Å². The van der Waals surface area contributed by atoms with E-state index in [1.54, 1.807) is 172 Å². The number of aliphatic hydroxyl groups excluding tert-OH is 1. The number of benzene rings is 6. The Morgan fingerprint density at radius 2 is 0.713 bits per heavy atom. The number of carboxylic acid groups (broad SMARTS) is 1. The van der Waals surface area contributed by atoms with Gasteiger partial charge in [-0.05, 0) is 218 Å². The molecule has 0 radical (unpaired) electrons. The smallest absolute Gasteiger partial charge is 0.411 e. The molecule has 4 spiro atoms. The summed E-state index contributed by atoms with van der Waals surface area (Å²) in [4.78, 5) is 208. The number of urea groups is 4. The molecule has 6 aromatic carbocycles. The number of aryl methyl sites for hydroxylation is 2. The van der Waals surface area contributed by atoms with E-state index < -0.39 is 93.4 Å². The van der Waals surface area contributed by atoms with E-state index >= 15 is 0 Å². The maximum absolute atomic E-state index is 14.3. The summed E-state index contributed by atoms with van der Waals surface area (Å²) in [5, 5.41) is 32.4. The zero-order valence-corrected chi connectivity index (χ0v) is 79.0. The third-order valence-corrected chi connectivity index (χ3v) is 24.4. The zero-order valence-electron chi connectivity index (χ0n) is 78.2. The molecule has 6 aliphatic heterocycles. The predicted molar refractivity (Wildman–Crippen MR) is 506 cm³/mol. The number of nitrogen functional groups attached to an aromatic ring is 1. The van der Waals surface area contributed by atoms with Crippen molar-refractivity contribution >= 4 is 152 Å². The lowest BCUT2D eigenvalue weighted by molar-refractivity contribution is -0.140. The molecule has 0 unspecified atom stereocenters. The molecule has 6 heterocycles. The Hall–Kier alpha value is -13.9. The van der Waals surface area contributed by atoms with Crippen LogP contribution in [0.2, 0.25) is 0 Å². The van der Waals surface area contributed by atoms with Crippen molar-refractivity contribution in [3.63, 3.8) is 0 Å². The van der Waals surface area contributed by atoms with Gasteiger partial charge in [0.1, 0.15) is 45.9 Å². The molecule has 38 nitrogen and oxygen atoms in total. The van der Waals surface area contributed by atoms with Gasteiger partial charge in [-0.1, -0.05) is 96.9 Å². The third kappa shape index (κ3) is 24.8. The van der Waals surface area contributed by atoms with Crippen molar-refractivity contribution in [3.8, 4) is 0 Å². The number of imide groups is 4. The quantitative estimate of drug-likeness (QED) is 0.0199. The SMILES string of the molecule is C.CCO.CN1C(=O)N(c2ccc(N)cc2)C2(CCCCC2)C1=O.COC(=O)Cl.COC(=O)Nc1ccc(N2C(=O)N(C)C(=O)C23CCCCC3)cc1.COC(=O)Nc1ccc(N2C(=O)N(C)C(=O)C23CCN(C(=O)[C@H](NC(=O)c2cc(C)ccc2F)C(C)C)CC3)cc1.COC(=O)Nc1ccc(N2C(=O)N(C)C(=O)C23CCNCC3)cc1.Cc1ccc(F)c(C(=O)N[C@@H](C(=O)O)C(C)C)c1. The van der Waals surface area contributed by atoms with Crippen LogP contribution in [0.3, 0.4) is 0 Å². The fraction of sp³-hybridized carbons (Fsp3) is 0.453. The standard InChI is InChI=1S/C29H34FN5O6.C17H21N3O4.C16H20N4O4.C15H19N3O2.C13H16FNO3.C2H3ClO2.C2H6O.CH4/c1-17(2)23(32-24(36)21-16-18(3)6-11-22(21)30)25(37)34-14-12-29(13-15-34)26(38)33(4)28(40)35(29)20-9-7-19(8-10-20)31-27(39)41-5;1-19-14(21)17(10-4-3-5-11-17)20(16(19)23)13-8-6-12(7-9-13)18-15(22)24-2;1-19-13(21)16(7-9-17-10-8-16)20(15(19)23)12-5-3-11(4-6-12)18-14(22)24-2;1-17-13(19)15(9-3-2-4-10-15)18(14(17)20)12-7-5-11(16)6-8-12;1-7(2)11(13(17)18)15-12(16)9-6-8(3)4-5-10(9)14;1-5-2(3)4;1-2-3;/h6-11,16-17,23H,12-15H2,1-5H3,(H,31,39)(H,32,36);6-9H,3-5,10-11H2,1-2H3,(H,18,22);3-6,17H,7-10H2,1-2H3,(H,18,22);5-8H,2-4,9-10,16H2,1H3;4-7,11H,1-3H3,(H,15,16)(H,17,18);1H3;3H,2H2,1H3;1H4/t23-;;;;11-;;;/m1...1.../s1. The number of aliphatic carboxylic acids is 1. The second-order valence-corrected chi connectivity index (χ2v) is 34.1. The number of ether oxygens (including phenoxy) is 4. The Balaban J connectivity index is 0.000000233. The second kappa shape index (κ2) is 48.3. The van der Waals surface area contributed by atoms with E-state index in [0.717, 1.165) is 67.5 Å². The lowest BCUT2D eigenvalue weighted by Crippen LogP contribution is -2.60. The van der Waals surface area contributed by atoms with Crippen LogP contribution in [0.1, 0.15) is 164 Å². The van der Waals surface area contributed by atoms with Gasteiger partial charge >= 0.3 is 53.8 Å². The number of nitrogens with one attached hydrogen (secondary N) is 6. The molecule has 41 heteroatoms. The normalized spacial score (nSPS) is 17.4. The lowest BCUT2D eigenvalue weighted by Gasteiger charge is -2.43. The number of nitrogens with two attached hydrogens (primary N) is 1. The molecule has 6 aromatic rings. The van der Waals surface area contributed by atoms with E-state index in [4.69, 9.17) is 15.9 Å². The van der Waals surface area contributed by atoms with Gasteiger partial charge in [0.05, 0.1) is 39.6 Å². The molecule has 2 saturated carbocycles. The molecule has 0 aromatic heterocycles. The summed E-state index contributed by atoms with van der Waals surface area (Å²) in [6.07, 6.45) is 8.66. The Kier molecular flexibility index (Phi) is 38.8. The van der Waals surface area contributed by atoms with Crippen LogP contribution in [-0.2, 0) is 47.7 Å². The number of halogens is 3. The minimum atomic E-state index is -1.19. The number of carboxylic acids is 1. The van der Waals surface area contributed by atoms with Crippen molar-refractivity contribution in [3.05, 3.63) is 167 Å². The van der Waals surface area contributed by atoms with Gasteiger partial charge in [0, 0.05) is 105 Å². The first-order chi connectivity index (χ1) is 63.9. The maximum Gasteiger partial charge on any atom is 0.411 e. The summed E-state index contributed by atoms with van der Waals surface area (Å²) in [5.41, 5.74) is 7.38. The van der Waals surface area contributed by atoms with E-state index in [0.29, 0.717) is 84.1 Å². The molecule has 0 bridgehead atoms. The first-order valence-electron chi connectivity index (χ1n) is 43.9. The van der Waals surface area contributed by atoms with Gasteiger partial charge in [0.25, 0.3) is 35.4 Å². The molecule has 10 N–H and O–H groups in total. The summed E-state index contributed by atoms with van der Waals surface area (Å²) in [7, 11) is 11.1. The largest absolute Gasteiger partial charge is 0.480 e. The van der Waals surface area contributed by atoms with Crippen LogP contribution in [0.15, 0.2) is 133 Å². The number of hydrogen-bond donors (Lipinski definition) is 9. The van der Waals surface area contributed by atoms with Crippen LogP contribution in [0, 0.1) is 37.3 Å². The minimum absolute atomic E-state index is 0. The van der Waals surface area contributed by atoms with Crippen molar-refractivity contribution in [1.82, 2.24) is 40.4 Å². The highest BCUT2D eigenvalue weighted by Gasteiger charge is 2.61. The molecule has 2 atom stereocenters. The molecule has 2 aliphatic carbocycles. The number of nitrogens with zero attached hydrogens (tertiary/aromatic N) is 9. The molecule has 18 amide bonds. The van der Waals surface area contributed by atoms with Crippen molar-refractivity contribution in [2.24, 2.45) is 11.8 Å². The predicted octanol–water partition coefficient (Wildman–Crippen LogP) is 13.8. The van der Waals surface area contributed by atoms with E-state index in [1.807, 2.05) is 12.1 Å². The number of piperidine rings is 2. The van der Waals surface area contributed by atoms with Gasteiger partial charge in [-0.3, -0.25) is 88.7 Å². The van der Waals surface area contributed by atoms with Gasteiger partial charge < -0.3 is 55.7 Å². The first-order valence-corrected chi connectivity index (χ1v) is 44.2. The van der Waals surface area contributed by atoms with E-state index in [2.05, 4.69) is 62.4 Å². The molecular weight excluding hydrogens is 1790 g/mol. The number of aliphatic hydroxyl groups is 1. The van der Waals surface area contributed by atoms with Crippen LogP contribution in [0.25, 0.3) is 0 Å². The van der Waals surface area contributed by atoms with E-state index in [9.17, 15) is 85.5 Å². The van der Waals surface area contributed by atoms with Crippen LogP contribution in [0.5, 0.6) is 0 Å². The summed E-state index contributed by atoms with van der Waals surface area (Å²) in [5.74, 6) is -5.49. The van der Waals surface area contributed by atoms with Gasteiger partial charge in [-0.15, -0.1) is 0 Å². The van der Waals surface area contributed by atoms with Crippen LogP contribution in [0.4, 0.5) is 92.6 Å². The van der Waals surface area contributed by atoms with Gasteiger partial charge in [0.2, 0.25) is 5.91 Å². The fourth-order valence-corrected chi connectivity index (χ4v) is 17.2. The van der Waals surface area contributed by atoms with E-state index in [1.165, 1.54) is 93.4 Å². The summed E-state index contributed by atoms with van der Waals surface area (Å²) >= 11 is 4.60. The number of likely N-dealkylation sites (tertiary alicyclic amines) is 1. The number of hydrogen-bond acceptors (Lipinski definition) is 23. The Labute approximate surface area is 793 Å². The fourth-order valence-electron chi connectivity index (χ4n) is 17.2. The molecular formula is C95H123ClF2N16O22. The van der Waals surface area contributed by atoms with Crippen LogP contribution in [-0.4, -0.2) is 254 Å². The van der Waals surface area contributed by atoms with Crippen LogP contribution >= 0.6 is 11.6 Å². The van der Waals surface area contributed by atoms with Crippen molar-refractivity contribution in [1.29, 1.82) is 0 Å². The average Bonchev–Trinajstić information content (AvgIpc) is 1.58. The Bertz CT molecular complexity index is 5200. The number of rotatable bonds is 15. The number of carbonyl (C=O) groups excluding carboxylic acids is 15. The van der Waals surface area contributed by atoms with Gasteiger partial charge in [0.15, 0.2) is 0 Å². The third-order valence-electron chi connectivity index (χ3n) is 24.3. The topological polar surface area (TPSA) is 478 Å². The second-order valence-electron chi connectivity index (χ2n) is 33.8. The van der Waals surface area contributed by atoms with Crippen molar-refractivity contribution in [2.45, 2.75) is 180 Å². The van der Waals surface area contributed by atoms with E-state index in [-0.39, 0.29) is 111 Å². The lowest BCUT2D eigenvalue weighted by atomic mass is 9.80. The maximum atomic E-state index is 14.3. The highest BCUT2D eigenvalue weighted by molar-refractivity contribution is 6.61. The summed E-state index contributed by atoms with van der Waals surface area (Å²) < 4.78 is 45.4. The van der Waals surface area contributed by atoms with Gasteiger partial charge in [-0.25, -0.2) is 51.9 Å². The van der Waals surface area contributed by atoms with Gasteiger partial charge in [-0.2, -0.15) is 0 Å². The zero-order chi connectivity index (χ0) is 99.9. The average molecular weight is 1910 g/mol. The molecule has 8 fully saturated rings. The highest BCUT2D eigenvalue weighted by Crippen LogP contribution is 2.47. The molecule has 6 saturated heterocycles. The summed E-state index contributed by atoms with van der Waals surface area (Å²) in [6, 6.07) is 32.3. The van der Waals surface area contributed by atoms with Crippen molar-refractivity contribution in [2.75, 3.05) is 131 Å². The number of methoxy groups -OCH3 is 4. The summed E-state index contributed by atoms with van der Waals surface area (Å²) in [6.45, 7) is 14.0. The monoisotopic (exact) mass is 1910 g/mol. The molecule has 14 rings (SSSR count). The number of likely N-dealkylation sites (N-methyl/N-ethyl adjacent to an activating group) is 4. The highest BCUT2D eigenvalue weighted by atomic mass is 35.5. The number of amides is 18. The van der Waals surface area contributed by atoms with Crippen LogP contribution < -0.4 is 57.2 Å². The minimum Gasteiger partial charge on any atom is -0.480 e. The molecule has 136 heavy (non-hydrogen) atoms. The molecule has 736 valence electrons. The molecule has 8 aliphatic rings. The Morgan fingerprint density at radius 1 is 0.441 bits per heavy atom. The first kappa shape index (κ1) is 109. The number of anilines is 8.